The number of methoxy groups -OCH3 is 1. The smallest absolute Gasteiger partial charge is 0.244 e. The molecular formula is C25H26N4O4. The molecule has 1 aliphatic heterocycles. The molecule has 33 heavy (non-hydrogen) atoms. The number of benzene rings is 2. The number of aromatic amines is 1. The lowest BCUT2D eigenvalue weighted by Gasteiger charge is -2.25. The number of fused-ring (bicyclic) bond motifs is 1. The highest BCUT2D eigenvalue weighted by molar-refractivity contribution is 5.71. The summed E-state index contributed by atoms with van der Waals surface area (Å²) >= 11 is 0. The van der Waals surface area contributed by atoms with Gasteiger partial charge >= 0.3 is 0 Å². The fourth-order valence-corrected chi connectivity index (χ4v) is 3.88. The van der Waals surface area contributed by atoms with Gasteiger partial charge in [0.1, 0.15) is 17.4 Å². The van der Waals surface area contributed by atoms with Gasteiger partial charge in [-0.05, 0) is 55.3 Å². The fourth-order valence-electron chi connectivity index (χ4n) is 3.88. The van der Waals surface area contributed by atoms with Crippen molar-refractivity contribution >= 4 is 0 Å². The number of aromatic nitrogens is 2. The molecule has 0 saturated carbocycles. The summed E-state index contributed by atoms with van der Waals surface area (Å²) in [6.07, 6.45) is 0.881. The van der Waals surface area contributed by atoms with Gasteiger partial charge in [-0.3, -0.25) is 5.10 Å². The molecule has 4 rings (SSSR count). The van der Waals surface area contributed by atoms with Gasteiger partial charge in [-0.15, -0.1) is 5.10 Å². The van der Waals surface area contributed by atoms with Gasteiger partial charge in [0.15, 0.2) is 11.5 Å². The Morgan fingerprint density at radius 3 is 2.58 bits per heavy atom. The van der Waals surface area contributed by atoms with Crippen molar-refractivity contribution < 1.29 is 18.9 Å². The van der Waals surface area contributed by atoms with E-state index in [0.717, 1.165) is 34.6 Å². The van der Waals surface area contributed by atoms with Crippen LogP contribution in [0.1, 0.15) is 37.3 Å². The van der Waals surface area contributed by atoms with E-state index in [4.69, 9.17) is 24.7 Å². The summed E-state index contributed by atoms with van der Waals surface area (Å²) in [5.41, 5.74) is 9.58. The van der Waals surface area contributed by atoms with Crippen molar-refractivity contribution in [3.63, 3.8) is 0 Å². The van der Waals surface area contributed by atoms with Crippen molar-refractivity contribution in [2.24, 2.45) is 5.73 Å². The average molecular weight is 447 g/mol. The Labute approximate surface area is 192 Å². The minimum absolute atomic E-state index is 0.0324. The predicted octanol–water partition coefficient (Wildman–Crippen LogP) is 4.49. The number of nitrogens with two attached hydrogens (primary N) is 1. The first kappa shape index (κ1) is 22.1. The van der Waals surface area contributed by atoms with Crippen LogP contribution in [0.3, 0.4) is 0 Å². The first-order chi connectivity index (χ1) is 16.1. The maximum Gasteiger partial charge on any atom is 0.244 e. The van der Waals surface area contributed by atoms with Crippen molar-refractivity contribution in [1.29, 1.82) is 5.26 Å². The number of allylic oxidation sites excluding steroid dienone is 1. The second kappa shape index (κ2) is 9.57. The number of nitrogens with one attached hydrogen (secondary N) is 1. The zero-order valence-corrected chi connectivity index (χ0v) is 18.8. The van der Waals surface area contributed by atoms with Gasteiger partial charge in [-0.1, -0.05) is 13.0 Å². The highest BCUT2D eigenvalue weighted by Crippen LogP contribution is 2.47. The Balaban J connectivity index is 1.82. The molecule has 0 spiro atoms. The van der Waals surface area contributed by atoms with E-state index >= 15 is 0 Å². The molecule has 0 bridgehead atoms. The summed E-state index contributed by atoms with van der Waals surface area (Å²) < 4.78 is 22.6. The van der Waals surface area contributed by atoms with Crippen LogP contribution in [-0.2, 0) is 0 Å². The monoisotopic (exact) mass is 446 g/mol. The lowest BCUT2D eigenvalue weighted by atomic mass is 9.83. The zero-order chi connectivity index (χ0) is 23.4. The van der Waals surface area contributed by atoms with E-state index < -0.39 is 5.92 Å². The van der Waals surface area contributed by atoms with Crippen molar-refractivity contribution in [2.75, 3.05) is 20.3 Å². The number of rotatable bonds is 8. The van der Waals surface area contributed by atoms with Crippen LogP contribution in [0.2, 0.25) is 0 Å². The molecule has 1 aliphatic rings. The summed E-state index contributed by atoms with van der Waals surface area (Å²) in [6, 6.07) is 15.5. The Morgan fingerprint density at radius 2 is 1.91 bits per heavy atom. The Kier molecular flexibility index (Phi) is 6.41. The van der Waals surface area contributed by atoms with E-state index in [0.29, 0.717) is 36.2 Å². The number of hydrogen-bond acceptors (Lipinski definition) is 7. The van der Waals surface area contributed by atoms with Gasteiger partial charge in [0.05, 0.1) is 37.5 Å². The van der Waals surface area contributed by atoms with E-state index in [1.54, 1.807) is 7.11 Å². The molecule has 0 fully saturated rings. The molecule has 0 unspecified atom stereocenters. The molecule has 8 heteroatoms. The van der Waals surface area contributed by atoms with Crippen LogP contribution in [0.15, 0.2) is 53.9 Å². The first-order valence-electron chi connectivity index (χ1n) is 10.8. The quantitative estimate of drug-likeness (QED) is 0.524. The highest BCUT2D eigenvalue weighted by Gasteiger charge is 2.36. The summed E-state index contributed by atoms with van der Waals surface area (Å²) in [5.74, 6) is 1.88. The van der Waals surface area contributed by atoms with Gasteiger partial charge in [-0.2, -0.15) is 5.26 Å². The summed E-state index contributed by atoms with van der Waals surface area (Å²) in [6.45, 7) is 5.15. The van der Waals surface area contributed by atoms with Gasteiger partial charge < -0.3 is 24.7 Å². The Morgan fingerprint density at radius 1 is 1.12 bits per heavy atom. The standard InChI is InChI=1S/C25H26N4O4/c1-4-12-32-19-11-8-16(13-20(19)30-3)21-18(14-26)24(27)33-25-22(21)23(28-29-25)15-6-9-17(10-7-15)31-5-2/h6-11,13,21H,4-5,12,27H2,1-3H3,(H,28,29)/t21-/m0/s1. The minimum atomic E-state index is -0.492. The number of ether oxygens (including phenoxy) is 4. The van der Waals surface area contributed by atoms with Crippen LogP contribution in [0.5, 0.6) is 23.1 Å². The second-order valence-corrected chi connectivity index (χ2v) is 7.46. The third kappa shape index (κ3) is 4.17. The topological polar surface area (TPSA) is 115 Å². The number of nitriles is 1. The molecule has 170 valence electrons. The van der Waals surface area contributed by atoms with E-state index in [9.17, 15) is 5.26 Å². The maximum atomic E-state index is 9.94. The van der Waals surface area contributed by atoms with E-state index in [1.165, 1.54) is 0 Å². The van der Waals surface area contributed by atoms with Crippen LogP contribution in [-0.4, -0.2) is 30.5 Å². The highest BCUT2D eigenvalue weighted by atomic mass is 16.5. The lowest BCUT2D eigenvalue weighted by molar-refractivity contribution is 0.294. The largest absolute Gasteiger partial charge is 0.494 e. The number of H-pyrrole nitrogens is 1. The van der Waals surface area contributed by atoms with Gasteiger partial charge in [-0.25, -0.2) is 0 Å². The summed E-state index contributed by atoms with van der Waals surface area (Å²) in [4.78, 5) is 0. The van der Waals surface area contributed by atoms with E-state index in [-0.39, 0.29) is 5.88 Å². The molecule has 1 atom stereocenters. The van der Waals surface area contributed by atoms with Gasteiger partial charge in [0, 0.05) is 5.56 Å². The van der Waals surface area contributed by atoms with Crippen LogP contribution in [0, 0.1) is 11.3 Å². The Bertz CT molecular complexity index is 1210. The summed E-state index contributed by atoms with van der Waals surface area (Å²) in [7, 11) is 1.59. The molecule has 3 aromatic rings. The van der Waals surface area contributed by atoms with Crippen LogP contribution < -0.4 is 24.7 Å². The van der Waals surface area contributed by atoms with Crippen LogP contribution >= 0.6 is 0 Å². The Hall–Kier alpha value is -4.12. The van der Waals surface area contributed by atoms with Crippen molar-refractivity contribution in [3.05, 3.63) is 65.0 Å². The molecule has 2 heterocycles. The van der Waals surface area contributed by atoms with Crippen molar-refractivity contribution in [1.82, 2.24) is 10.2 Å². The van der Waals surface area contributed by atoms with E-state index in [1.807, 2.05) is 56.3 Å². The molecular weight excluding hydrogens is 420 g/mol. The van der Waals surface area contributed by atoms with Crippen LogP contribution in [0.4, 0.5) is 0 Å². The second-order valence-electron chi connectivity index (χ2n) is 7.46. The minimum Gasteiger partial charge on any atom is -0.494 e. The number of nitrogens with zero attached hydrogens (tertiary/aromatic N) is 2. The molecule has 0 saturated heterocycles. The van der Waals surface area contributed by atoms with E-state index in [2.05, 4.69) is 16.3 Å². The predicted molar refractivity (Wildman–Crippen MR) is 123 cm³/mol. The maximum absolute atomic E-state index is 9.94. The van der Waals surface area contributed by atoms with Crippen molar-refractivity contribution in [2.45, 2.75) is 26.2 Å². The zero-order valence-electron chi connectivity index (χ0n) is 18.8. The SMILES string of the molecule is CCCOc1ccc([C@H]2C(C#N)=C(N)Oc3n[nH]c(-c4ccc(OCC)cc4)c32)cc1OC. The molecule has 8 nitrogen and oxygen atoms in total. The third-order valence-electron chi connectivity index (χ3n) is 5.38. The lowest BCUT2D eigenvalue weighted by Crippen LogP contribution is -2.21. The third-order valence-corrected chi connectivity index (χ3v) is 5.38. The van der Waals surface area contributed by atoms with Crippen molar-refractivity contribution in [3.8, 4) is 40.5 Å². The van der Waals surface area contributed by atoms with Gasteiger partial charge in [0.2, 0.25) is 11.8 Å². The summed E-state index contributed by atoms with van der Waals surface area (Å²) in [5, 5.41) is 17.3. The molecule has 2 aromatic carbocycles. The molecule has 1 aromatic heterocycles. The van der Waals surface area contributed by atoms with Gasteiger partial charge in [0.25, 0.3) is 0 Å². The fraction of sp³-hybridized carbons (Fsp3) is 0.280. The van der Waals surface area contributed by atoms with Crippen LogP contribution in [0.25, 0.3) is 11.3 Å². The molecule has 0 amide bonds. The number of hydrogen-bond donors (Lipinski definition) is 2. The normalized spacial score (nSPS) is 14.8. The molecule has 0 radical (unpaired) electrons. The average Bonchev–Trinajstić information content (AvgIpc) is 3.25. The molecule has 3 N–H and O–H groups in total. The first-order valence-corrected chi connectivity index (χ1v) is 10.8. The molecule has 0 aliphatic carbocycles.